The second kappa shape index (κ2) is 6.64. The SMILES string of the molecule is CC(C)(C)c1cc(C(=O)Nc2cccc(CCC(=O)O)c2)no1. The van der Waals surface area contributed by atoms with Crippen LogP contribution >= 0.6 is 0 Å². The smallest absolute Gasteiger partial charge is 0.303 e. The molecular formula is C17H20N2O4. The first kappa shape index (κ1) is 16.7. The minimum Gasteiger partial charge on any atom is -0.481 e. The van der Waals surface area contributed by atoms with Crippen LogP contribution in [0.25, 0.3) is 0 Å². The molecule has 2 N–H and O–H groups in total. The second-order valence-corrected chi connectivity index (χ2v) is 6.37. The minimum atomic E-state index is -0.850. The molecule has 1 amide bonds. The number of hydrogen-bond donors (Lipinski definition) is 2. The summed E-state index contributed by atoms with van der Waals surface area (Å²) in [6.07, 6.45) is 0.465. The molecule has 0 fully saturated rings. The summed E-state index contributed by atoms with van der Waals surface area (Å²) in [6, 6.07) is 8.73. The van der Waals surface area contributed by atoms with Crippen LogP contribution in [0.3, 0.4) is 0 Å². The summed E-state index contributed by atoms with van der Waals surface area (Å²) in [4.78, 5) is 22.8. The molecule has 0 saturated heterocycles. The average Bonchev–Trinajstić information content (AvgIpc) is 2.95. The van der Waals surface area contributed by atoms with Crippen molar-refractivity contribution in [2.24, 2.45) is 0 Å². The summed E-state index contributed by atoms with van der Waals surface area (Å²) in [5.41, 5.74) is 1.44. The predicted octanol–water partition coefficient (Wildman–Crippen LogP) is 3.24. The quantitative estimate of drug-likeness (QED) is 0.883. The summed E-state index contributed by atoms with van der Waals surface area (Å²) < 4.78 is 5.20. The van der Waals surface area contributed by atoms with E-state index in [1.807, 2.05) is 26.8 Å². The Hall–Kier alpha value is -2.63. The van der Waals surface area contributed by atoms with Gasteiger partial charge in [-0.3, -0.25) is 9.59 Å². The molecule has 0 atom stereocenters. The van der Waals surface area contributed by atoms with Gasteiger partial charge in [0.05, 0.1) is 0 Å². The van der Waals surface area contributed by atoms with Crippen LogP contribution in [0.2, 0.25) is 0 Å². The standard InChI is InChI=1S/C17H20N2O4/c1-17(2,3)14-10-13(19-23-14)16(22)18-12-6-4-5-11(9-12)7-8-15(20)21/h4-6,9-10H,7-8H2,1-3H3,(H,18,22)(H,20,21). The van der Waals surface area contributed by atoms with Crippen molar-refractivity contribution in [3.63, 3.8) is 0 Å². The normalized spacial score (nSPS) is 11.3. The number of aryl methyl sites for hydroxylation is 1. The van der Waals surface area contributed by atoms with E-state index >= 15 is 0 Å². The minimum absolute atomic E-state index is 0.0512. The summed E-state index contributed by atoms with van der Waals surface area (Å²) in [7, 11) is 0. The molecule has 6 nitrogen and oxygen atoms in total. The van der Waals surface area contributed by atoms with Gasteiger partial charge in [-0.2, -0.15) is 0 Å². The van der Waals surface area contributed by atoms with Gasteiger partial charge in [0.15, 0.2) is 5.69 Å². The molecule has 0 radical (unpaired) electrons. The average molecular weight is 316 g/mol. The number of amides is 1. The fraction of sp³-hybridized carbons (Fsp3) is 0.353. The van der Waals surface area contributed by atoms with Crippen molar-refractivity contribution in [2.45, 2.75) is 39.0 Å². The number of benzene rings is 1. The second-order valence-electron chi connectivity index (χ2n) is 6.37. The van der Waals surface area contributed by atoms with Crippen molar-refractivity contribution in [1.82, 2.24) is 5.16 Å². The van der Waals surface area contributed by atoms with Crippen LogP contribution in [0.15, 0.2) is 34.9 Å². The van der Waals surface area contributed by atoms with E-state index in [1.54, 1.807) is 24.3 Å². The Morgan fingerprint density at radius 2 is 2.00 bits per heavy atom. The maximum absolute atomic E-state index is 12.2. The molecule has 6 heteroatoms. The van der Waals surface area contributed by atoms with Gasteiger partial charge in [0.2, 0.25) is 0 Å². The zero-order valence-corrected chi connectivity index (χ0v) is 13.4. The molecule has 1 heterocycles. The number of aliphatic carboxylic acids is 1. The van der Waals surface area contributed by atoms with Gasteiger partial charge >= 0.3 is 5.97 Å². The van der Waals surface area contributed by atoms with E-state index in [9.17, 15) is 9.59 Å². The highest BCUT2D eigenvalue weighted by molar-refractivity contribution is 6.02. The van der Waals surface area contributed by atoms with Crippen molar-refractivity contribution in [3.8, 4) is 0 Å². The van der Waals surface area contributed by atoms with Gasteiger partial charge in [0.25, 0.3) is 5.91 Å². The Morgan fingerprint density at radius 3 is 2.61 bits per heavy atom. The van der Waals surface area contributed by atoms with Gasteiger partial charge in [0.1, 0.15) is 5.76 Å². The van der Waals surface area contributed by atoms with E-state index < -0.39 is 5.97 Å². The highest BCUT2D eigenvalue weighted by atomic mass is 16.5. The fourth-order valence-electron chi connectivity index (χ4n) is 1.99. The van der Waals surface area contributed by atoms with Crippen LogP contribution in [0.5, 0.6) is 0 Å². The lowest BCUT2D eigenvalue weighted by Gasteiger charge is -2.12. The van der Waals surface area contributed by atoms with Crippen molar-refractivity contribution >= 4 is 17.6 Å². The van der Waals surface area contributed by atoms with Crippen molar-refractivity contribution in [2.75, 3.05) is 5.32 Å². The first-order chi connectivity index (χ1) is 10.8. The van der Waals surface area contributed by atoms with Gasteiger partial charge in [0, 0.05) is 23.6 Å². The maximum Gasteiger partial charge on any atom is 0.303 e. The van der Waals surface area contributed by atoms with Gasteiger partial charge in [-0.05, 0) is 24.1 Å². The zero-order chi connectivity index (χ0) is 17.0. The Labute approximate surface area is 134 Å². The number of aromatic nitrogens is 1. The lowest BCUT2D eigenvalue weighted by Crippen LogP contribution is -2.13. The van der Waals surface area contributed by atoms with E-state index in [0.717, 1.165) is 5.56 Å². The Kier molecular flexibility index (Phi) is 4.83. The summed E-state index contributed by atoms with van der Waals surface area (Å²) in [5, 5.41) is 15.3. The maximum atomic E-state index is 12.2. The Bertz CT molecular complexity index is 713. The highest BCUT2D eigenvalue weighted by Crippen LogP contribution is 2.23. The number of carbonyl (C=O) groups excluding carboxylic acids is 1. The largest absolute Gasteiger partial charge is 0.481 e. The summed E-state index contributed by atoms with van der Waals surface area (Å²) in [6.45, 7) is 5.92. The predicted molar refractivity (Wildman–Crippen MR) is 85.6 cm³/mol. The zero-order valence-electron chi connectivity index (χ0n) is 13.4. The first-order valence-electron chi connectivity index (χ1n) is 7.35. The number of nitrogens with one attached hydrogen (secondary N) is 1. The van der Waals surface area contributed by atoms with Crippen LogP contribution in [0.1, 0.15) is 49.0 Å². The number of carboxylic acid groups (broad SMARTS) is 1. The first-order valence-corrected chi connectivity index (χ1v) is 7.35. The van der Waals surface area contributed by atoms with Crippen LogP contribution in [0, 0.1) is 0 Å². The third-order valence-corrected chi connectivity index (χ3v) is 3.29. The van der Waals surface area contributed by atoms with Gasteiger partial charge in [-0.15, -0.1) is 0 Å². The molecule has 0 aliphatic carbocycles. The third kappa shape index (κ3) is 4.67. The molecule has 0 unspecified atom stereocenters. The molecule has 0 aliphatic rings. The molecule has 0 spiro atoms. The van der Waals surface area contributed by atoms with Crippen LogP contribution in [-0.2, 0) is 16.6 Å². The van der Waals surface area contributed by atoms with E-state index in [-0.39, 0.29) is 23.4 Å². The molecule has 1 aromatic carbocycles. The van der Waals surface area contributed by atoms with Crippen molar-refractivity contribution in [1.29, 1.82) is 0 Å². The van der Waals surface area contributed by atoms with Crippen LogP contribution in [0.4, 0.5) is 5.69 Å². The van der Waals surface area contributed by atoms with E-state index in [4.69, 9.17) is 9.63 Å². The topological polar surface area (TPSA) is 92.4 Å². The number of carbonyl (C=O) groups is 2. The molecule has 2 rings (SSSR count). The van der Waals surface area contributed by atoms with Crippen molar-refractivity contribution in [3.05, 3.63) is 47.3 Å². The van der Waals surface area contributed by atoms with Gasteiger partial charge in [-0.1, -0.05) is 38.1 Å². The van der Waals surface area contributed by atoms with E-state index in [2.05, 4.69) is 10.5 Å². The number of hydrogen-bond acceptors (Lipinski definition) is 4. The van der Waals surface area contributed by atoms with Crippen LogP contribution in [-0.4, -0.2) is 22.1 Å². The highest BCUT2D eigenvalue weighted by Gasteiger charge is 2.22. The monoisotopic (exact) mass is 316 g/mol. The Balaban J connectivity index is 2.06. The van der Waals surface area contributed by atoms with Crippen LogP contribution < -0.4 is 5.32 Å². The molecule has 2 aromatic rings. The molecule has 0 saturated carbocycles. The lowest BCUT2D eigenvalue weighted by atomic mass is 9.93. The number of carboxylic acids is 1. The molecular weight excluding hydrogens is 296 g/mol. The molecule has 1 aromatic heterocycles. The fourth-order valence-corrected chi connectivity index (χ4v) is 1.99. The lowest BCUT2D eigenvalue weighted by molar-refractivity contribution is -0.136. The van der Waals surface area contributed by atoms with E-state index in [0.29, 0.717) is 17.9 Å². The number of rotatable bonds is 5. The molecule has 122 valence electrons. The number of nitrogens with zero attached hydrogens (tertiary/aromatic N) is 1. The van der Waals surface area contributed by atoms with Gasteiger partial charge < -0.3 is 14.9 Å². The number of anilines is 1. The third-order valence-electron chi connectivity index (χ3n) is 3.29. The van der Waals surface area contributed by atoms with E-state index in [1.165, 1.54) is 0 Å². The summed E-state index contributed by atoms with van der Waals surface area (Å²) >= 11 is 0. The van der Waals surface area contributed by atoms with Gasteiger partial charge in [-0.25, -0.2) is 0 Å². The molecule has 0 bridgehead atoms. The molecule has 0 aliphatic heterocycles. The molecule has 23 heavy (non-hydrogen) atoms. The summed E-state index contributed by atoms with van der Waals surface area (Å²) in [5.74, 6) is -0.575. The Morgan fingerprint density at radius 1 is 1.26 bits per heavy atom. The van der Waals surface area contributed by atoms with Crippen molar-refractivity contribution < 1.29 is 19.2 Å².